The van der Waals surface area contributed by atoms with Gasteiger partial charge >= 0.3 is 5.97 Å². The van der Waals surface area contributed by atoms with E-state index in [4.69, 9.17) is 25.1 Å². The van der Waals surface area contributed by atoms with Crippen molar-refractivity contribution in [1.82, 2.24) is 0 Å². The maximum atomic E-state index is 14.8. The summed E-state index contributed by atoms with van der Waals surface area (Å²) in [5.41, 5.74) is 7.30. The number of methoxy groups -OCH3 is 1. The van der Waals surface area contributed by atoms with Gasteiger partial charge in [-0.05, 0) is 36.5 Å². The lowest BCUT2D eigenvalue weighted by Gasteiger charge is -2.25. The molecule has 0 fully saturated rings. The van der Waals surface area contributed by atoms with E-state index >= 15 is 0 Å². The van der Waals surface area contributed by atoms with Crippen LogP contribution in [0.5, 0.6) is 5.75 Å². The van der Waals surface area contributed by atoms with Crippen molar-refractivity contribution in [3.8, 4) is 5.75 Å². The van der Waals surface area contributed by atoms with Crippen molar-refractivity contribution in [2.24, 2.45) is 5.73 Å². The smallest absolute Gasteiger partial charge is 0.322 e. The van der Waals surface area contributed by atoms with Gasteiger partial charge in [0, 0.05) is 13.2 Å². The summed E-state index contributed by atoms with van der Waals surface area (Å²) in [4.78, 5) is 10.8. The quantitative estimate of drug-likeness (QED) is 0.457. The molecule has 2 rings (SSSR count). The van der Waals surface area contributed by atoms with E-state index in [1.165, 1.54) is 0 Å². The number of halogens is 1. The first kappa shape index (κ1) is 18.4. The van der Waals surface area contributed by atoms with Crippen LogP contribution in [0.1, 0.15) is 17.5 Å². The fourth-order valence-electron chi connectivity index (χ4n) is 2.62. The van der Waals surface area contributed by atoms with E-state index in [1.807, 2.05) is 0 Å². The zero-order valence-corrected chi connectivity index (χ0v) is 13.6. The number of rotatable bonds is 9. The molecule has 0 saturated heterocycles. The van der Waals surface area contributed by atoms with Crippen molar-refractivity contribution in [3.63, 3.8) is 0 Å². The first-order chi connectivity index (χ1) is 11.5. The lowest BCUT2D eigenvalue weighted by molar-refractivity contribution is -0.134. The van der Waals surface area contributed by atoms with Crippen LogP contribution in [0.3, 0.4) is 0 Å². The summed E-state index contributed by atoms with van der Waals surface area (Å²) in [5, 5.41) is 11.4. The van der Waals surface area contributed by atoms with Crippen LogP contribution in [0.15, 0.2) is 6.07 Å². The number of carbonyl (C=O) groups is 1. The summed E-state index contributed by atoms with van der Waals surface area (Å²) >= 11 is 0. The molecule has 7 nitrogen and oxygen atoms in total. The summed E-state index contributed by atoms with van der Waals surface area (Å²) in [6, 6.07) is 1.64. The Labute approximate surface area is 139 Å². The second-order valence-corrected chi connectivity index (χ2v) is 5.61. The van der Waals surface area contributed by atoms with E-state index in [1.54, 1.807) is 13.2 Å². The molecule has 0 aliphatic heterocycles. The minimum atomic E-state index is -1.09. The molecule has 0 bridgehead atoms. The zero-order chi connectivity index (χ0) is 17.5. The second-order valence-electron chi connectivity index (χ2n) is 5.61. The van der Waals surface area contributed by atoms with Gasteiger partial charge in [0.15, 0.2) is 12.6 Å². The van der Waals surface area contributed by atoms with Crippen LogP contribution in [0.4, 0.5) is 10.1 Å². The summed E-state index contributed by atoms with van der Waals surface area (Å²) in [6.07, 6.45) is 1.86. The van der Waals surface area contributed by atoms with Gasteiger partial charge in [0.2, 0.25) is 0 Å². The normalized spacial score (nSPS) is 16.5. The Morgan fingerprint density at radius 2 is 2.29 bits per heavy atom. The highest BCUT2D eigenvalue weighted by molar-refractivity contribution is 5.74. The van der Waals surface area contributed by atoms with Gasteiger partial charge in [-0.25, -0.2) is 4.39 Å². The molecule has 4 N–H and O–H groups in total. The molecule has 1 atom stereocenters. The van der Waals surface area contributed by atoms with Crippen molar-refractivity contribution in [1.29, 1.82) is 0 Å². The van der Waals surface area contributed by atoms with Crippen LogP contribution >= 0.6 is 0 Å². The molecule has 1 aliphatic rings. The molecule has 0 saturated carbocycles. The first-order valence-corrected chi connectivity index (χ1v) is 7.78. The Balaban J connectivity index is 2.19. The van der Waals surface area contributed by atoms with Gasteiger partial charge in [0.05, 0.1) is 13.2 Å². The van der Waals surface area contributed by atoms with Gasteiger partial charge in [-0.1, -0.05) is 0 Å². The minimum absolute atomic E-state index is 0.0283. The lowest BCUT2D eigenvalue weighted by atomic mass is 9.87. The number of carboxylic acid groups (broad SMARTS) is 1. The van der Waals surface area contributed by atoms with Gasteiger partial charge in [-0.2, -0.15) is 0 Å². The van der Waals surface area contributed by atoms with Crippen molar-refractivity contribution >= 4 is 11.7 Å². The predicted molar refractivity (Wildman–Crippen MR) is 85.8 cm³/mol. The number of benzene rings is 1. The SMILES string of the molecule is COCCOCOc1cc2c(c(F)c1NCC(=O)O)C[C@H](N)CC2. The maximum absolute atomic E-state index is 14.8. The molecule has 0 spiro atoms. The summed E-state index contributed by atoms with van der Waals surface area (Å²) in [7, 11) is 1.56. The minimum Gasteiger partial charge on any atom is -0.480 e. The van der Waals surface area contributed by atoms with E-state index in [0.29, 0.717) is 31.6 Å². The van der Waals surface area contributed by atoms with Gasteiger partial charge in [0.25, 0.3) is 0 Å². The molecular formula is C16H23FN2O5. The molecule has 24 heavy (non-hydrogen) atoms. The molecule has 0 radical (unpaired) electrons. The third-order valence-corrected chi connectivity index (χ3v) is 3.82. The molecule has 134 valence electrons. The number of nitrogens with one attached hydrogen (secondary N) is 1. The summed E-state index contributed by atoms with van der Waals surface area (Å²) < 4.78 is 30.4. The molecular weight excluding hydrogens is 319 g/mol. The van der Waals surface area contributed by atoms with Crippen LogP contribution in [-0.4, -0.2) is 50.8 Å². The number of fused-ring (bicyclic) bond motifs is 1. The van der Waals surface area contributed by atoms with Crippen LogP contribution in [0, 0.1) is 5.82 Å². The van der Waals surface area contributed by atoms with Crippen molar-refractivity contribution in [2.75, 3.05) is 39.0 Å². The van der Waals surface area contributed by atoms with E-state index in [0.717, 1.165) is 12.0 Å². The fraction of sp³-hybridized carbons (Fsp3) is 0.562. The van der Waals surface area contributed by atoms with Crippen molar-refractivity contribution in [3.05, 3.63) is 23.0 Å². The standard InChI is InChI=1S/C16H23FN2O5/c1-22-4-5-23-9-24-13-6-10-2-3-11(18)7-12(10)15(17)16(13)19-8-14(20)21/h6,11,19H,2-5,7-9,18H2,1H3,(H,20,21)/t11-/m1/s1. The maximum Gasteiger partial charge on any atom is 0.322 e. The molecule has 1 aromatic rings. The van der Waals surface area contributed by atoms with Gasteiger partial charge in [-0.15, -0.1) is 0 Å². The topological polar surface area (TPSA) is 103 Å². The van der Waals surface area contributed by atoms with Crippen LogP contribution in [0.2, 0.25) is 0 Å². The molecule has 1 aromatic carbocycles. The Hall–Kier alpha value is -1.90. The Morgan fingerprint density at radius 3 is 3.00 bits per heavy atom. The number of anilines is 1. The van der Waals surface area contributed by atoms with Crippen LogP contribution in [0.25, 0.3) is 0 Å². The molecule has 0 aromatic heterocycles. The van der Waals surface area contributed by atoms with E-state index in [9.17, 15) is 9.18 Å². The number of nitrogens with two attached hydrogens (primary N) is 1. The van der Waals surface area contributed by atoms with Gasteiger partial charge in [-0.3, -0.25) is 4.79 Å². The number of hydrogen-bond donors (Lipinski definition) is 3. The molecule has 0 heterocycles. The number of ether oxygens (including phenoxy) is 3. The molecule has 0 unspecified atom stereocenters. The number of aryl methyl sites for hydroxylation is 1. The molecule has 0 amide bonds. The van der Waals surface area contributed by atoms with E-state index < -0.39 is 18.3 Å². The Morgan fingerprint density at radius 1 is 1.50 bits per heavy atom. The number of hydrogen-bond acceptors (Lipinski definition) is 6. The lowest BCUT2D eigenvalue weighted by Crippen LogP contribution is -2.29. The van der Waals surface area contributed by atoms with Gasteiger partial charge < -0.3 is 30.4 Å². The predicted octanol–water partition coefficient (Wildman–Crippen LogP) is 1.14. The largest absolute Gasteiger partial charge is 0.480 e. The average molecular weight is 342 g/mol. The Kier molecular flexibility index (Phi) is 6.77. The second kappa shape index (κ2) is 8.81. The van der Waals surface area contributed by atoms with Crippen LogP contribution < -0.4 is 15.8 Å². The molecule has 8 heteroatoms. The third kappa shape index (κ3) is 4.80. The monoisotopic (exact) mass is 342 g/mol. The molecule has 1 aliphatic carbocycles. The average Bonchev–Trinajstić information content (AvgIpc) is 2.54. The number of aliphatic carboxylic acids is 1. The fourth-order valence-corrected chi connectivity index (χ4v) is 2.62. The number of carboxylic acids is 1. The van der Waals surface area contributed by atoms with Crippen molar-refractivity contribution in [2.45, 2.75) is 25.3 Å². The zero-order valence-electron chi connectivity index (χ0n) is 13.6. The van der Waals surface area contributed by atoms with Gasteiger partial charge in [0.1, 0.15) is 18.0 Å². The first-order valence-electron chi connectivity index (χ1n) is 7.78. The van der Waals surface area contributed by atoms with Crippen LogP contribution in [-0.2, 0) is 27.1 Å². The van der Waals surface area contributed by atoms with E-state index in [-0.39, 0.29) is 24.3 Å². The highest BCUT2D eigenvalue weighted by Crippen LogP contribution is 2.36. The van der Waals surface area contributed by atoms with Crippen molar-refractivity contribution < 1.29 is 28.5 Å². The summed E-state index contributed by atoms with van der Waals surface area (Å²) in [5.74, 6) is -1.36. The van der Waals surface area contributed by atoms with E-state index in [2.05, 4.69) is 5.32 Å². The summed E-state index contributed by atoms with van der Waals surface area (Å²) in [6.45, 7) is 0.270. The third-order valence-electron chi connectivity index (χ3n) is 3.82. The highest BCUT2D eigenvalue weighted by atomic mass is 19.1. The highest BCUT2D eigenvalue weighted by Gasteiger charge is 2.24. The Bertz CT molecular complexity index is 582.